The molecule has 1 saturated heterocycles. The van der Waals surface area contributed by atoms with E-state index in [9.17, 15) is 41.0 Å². The Hall–Kier alpha value is -2.68. The van der Waals surface area contributed by atoms with Crippen LogP contribution in [0.2, 0.25) is 0 Å². The number of hydrogen-bond acceptors (Lipinski definition) is 6. The molecule has 0 saturated carbocycles. The molecule has 1 aromatic heterocycles. The predicted octanol–water partition coefficient (Wildman–Crippen LogP) is 4.52. The second kappa shape index (κ2) is 10.7. The molecule has 218 valence electrons. The Morgan fingerprint density at radius 1 is 1.21 bits per heavy atom. The van der Waals surface area contributed by atoms with E-state index in [2.05, 4.69) is 15.3 Å². The van der Waals surface area contributed by atoms with Gasteiger partial charge in [0.25, 0.3) is 11.8 Å². The SMILES string of the molecule is C[C@H]1CCCN1C(=O)c1nc(C(=O)NCC(C)(O)C(F)(F)F)sc1C1=CNC(=NC(C)(C)C)CC1C(F)(F)F. The van der Waals surface area contributed by atoms with Crippen molar-refractivity contribution < 1.29 is 41.0 Å². The van der Waals surface area contributed by atoms with Crippen molar-refractivity contribution in [2.24, 2.45) is 10.9 Å². The highest BCUT2D eigenvalue weighted by Crippen LogP contribution is 2.44. The van der Waals surface area contributed by atoms with Crippen molar-refractivity contribution >= 4 is 34.6 Å². The zero-order valence-corrected chi connectivity index (χ0v) is 22.9. The van der Waals surface area contributed by atoms with Crippen LogP contribution in [0, 0.1) is 5.92 Å². The van der Waals surface area contributed by atoms with Crippen molar-refractivity contribution in [3.8, 4) is 0 Å². The summed E-state index contributed by atoms with van der Waals surface area (Å²) in [5.41, 5.74) is -4.64. The molecule has 0 radical (unpaired) electrons. The summed E-state index contributed by atoms with van der Waals surface area (Å²) in [7, 11) is 0. The number of carbonyl (C=O) groups excluding carboxylic acids is 2. The Bertz CT molecular complexity index is 1170. The fourth-order valence-electron chi connectivity index (χ4n) is 4.18. The number of hydrogen-bond donors (Lipinski definition) is 3. The van der Waals surface area contributed by atoms with Crippen LogP contribution < -0.4 is 10.6 Å². The lowest BCUT2D eigenvalue weighted by atomic mass is 9.90. The van der Waals surface area contributed by atoms with Crippen LogP contribution in [0.1, 0.15) is 79.0 Å². The molecule has 1 aromatic rings. The smallest absolute Gasteiger partial charge is 0.379 e. The van der Waals surface area contributed by atoms with Gasteiger partial charge in [-0.05, 0) is 47.5 Å². The van der Waals surface area contributed by atoms with Gasteiger partial charge in [0, 0.05) is 30.8 Å². The molecule has 2 amide bonds. The molecule has 2 aliphatic rings. The van der Waals surface area contributed by atoms with Crippen LogP contribution in [0.3, 0.4) is 0 Å². The maximum Gasteiger partial charge on any atom is 0.418 e. The van der Waals surface area contributed by atoms with Gasteiger partial charge in [0.15, 0.2) is 10.6 Å². The Morgan fingerprint density at radius 3 is 2.36 bits per heavy atom. The highest BCUT2D eigenvalue weighted by Gasteiger charge is 2.50. The first-order chi connectivity index (χ1) is 17.7. The van der Waals surface area contributed by atoms with Gasteiger partial charge in [-0.1, -0.05) is 0 Å². The summed E-state index contributed by atoms with van der Waals surface area (Å²) in [6, 6.07) is -0.214. The number of aliphatic imine (C=N–C) groups is 1. The first kappa shape index (κ1) is 30.9. The molecule has 0 aromatic carbocycles. The van der Waals surface area contributed by atoms with Crippen LogP contribution in [0.4, 0.5) is 26.3 Å². The van der Waals surface area contributed by atoms with Crippen LogP contribution in [0.15, 0.2) is 11.2 Å². The lowest BCUT2D eigenvalue weighted by molar-refractivity contribution is -0.249. The highest BCUT2D eigenvalue weighted by atomic mass is 32.1. The maximum atomic E-state index is 14.3. The Morgan fingerprint density at radius 2 is 1.85 bits per heavy atom. The number of amides is 2. The molecule has 8 nitrogen and oxygen atoms in total. The summed E-state index contributed by atoms with van der Waals surface area (Å²) >= 11 is 0.473. The summed E-state index contributed by atoms with van der Waals surface area (Å²) in [5.74, 6) is -3.83. The van der Waals surface area contributed by atoms with Gasteiger partial charge >= 0.3 is 12.4 Å². The average molecular weight is 584 g/mol. The van der Waals surface area contributed by atoms with Crippen LogP contribution >= 0.6 is 11.3 Å². The second-order valence-electron chi connectivity index (χ2n) is 10.9. The lowest BCUT2D eigenvalue weighted by Gasteiger charge is -2.29. The number of rotatable bonds is 5. The van der Waals surface area contributed by atoms with Gasteiger partial charge in [0.2, 0.25) is 0 Å². The molecular weight excluding hydrogens is 552 g/mol. The minimum Gasteiger partial charge on any atom is -0.379 e. The van der Waals surface area contributed by atoms with Gasteiger partial charge in [-0.3, -0.25) is 14.6 Å². The minimum atomic E-state index is -5.05. The number of carbonyl (C=O) groups is 2. The van der Waals surface area contributed by atoms with Gasteiger partial charge < -0.3 is 20.6 Å². The topological polar surface area (TPSA) is 107 Å². The number of likely N-dealkylation sites (tertiary alicyclic amines) is 1. The van der Waals surface area contributed by atoms with E-state index in [1.165, 1.54) is 4.90 Å². The Balaban J connectivity index is 2.06. The Kier molecular flexibility index (Phi) is 8.47. The van der Waals surface area contributed by atoms with Gasteiger partial charge in [-0.2, -0.15) is 26.3 Å². The van der Waals surface area contributed by atoms with Crippen LogP contribution in [-0.4, -0.2) is 75.3 Å². The third-order valence-electron chi connectivity index (χ3n) is 6.34. The number of nitrogens with one attached hydrogen (secondary N) is 2. The Labute approximate surface area is 225 Å². The number of halogens is 6. The summed E-state index contributed by atoms with van der Waals surface area (Å²) in [6.45, 7) is 6.53. The molecule has 3 atom stereocenters. The van der Waals surface area contributed by atoms with Gasteiger partial charge in [0.1, 0.15) is 11.5 Å². The van der Waals surface area contributed by atoms with Crippen molar-refractivity contribution in [3.63, 3.8) is 0 Å². The zero-order chi connectivity index (χ0) is 29.6. The number of nitrogens with zero attached hydrogens (tertiary/aromatic N) is 3. The molecule has 0 spiro atoms. The van der Waals surface area contributed by atoms with Gasteiger partial charge in [-0.25, -0.2) is 4.98 Å². The fraction of sp³-hybridized carbons (Fsp3) is 0.667. The summed E-state index contributed by atoms with van der Waals surface area (Å²) in [6.07, 6.45) is -7.91. The molecule has 0 aliphatic carbocycles. The lowest BCUT2D eigenvalue weighted by Crippen LogP contribution is -2.51. The molecule has 2 unspecified atom stereocenters. The van der Waals surface area contributed by atoms with E-state index in [4.69, 9.17) is 0 Å². The first-order valence-corrected chi connectivity index (χ1v) is 13.0. The molecule has 3 N–H and O–H groups in total. The van der Waals surface area contributed by atoms with Crippen LogP contribution in [0.5, 0.6) is 0 Å². The van der Waals surface area contributed by atoms with Crippen molar-refractivity contribution in [2.45, 2.75) is 83.4 Å². The van der Waals surface area contributed by atoms with E-state index in [1.54, 1.807) is 27.7 Å². The van der Waals surface area contributed by atoms with E-state index in [0.29, 0.717) is 37.6 Å². The van der Waals surface area contributed by atoms with Gasteiger partial charge in [-0.15, -0.1) is 11.3 Å². The van der Waals surface area contributed by atoms with E-state index in [0.717, 1.165) is 6.20 Å². The molecule has 3 heterocycles. The fourth-order valence-corrected chi connectivity index (χ4v) is 5.22. The third kappa shape index (κ3) is 7.10. The normalized spacial score (nSPS) is 23.3. The van der Waals surface area contributed by atoms with E-state index < -0.39 is 59.2 Å². The van der Waals surface area contributed by atoms with Crippen molar-refractivity contribution in [2.75, 3.05) is 13.1 Å². The number of thiazole rings is 1. The predicted molar refractivity (Wildman–Crippen MR) is 133 cm³/mol. The van der Waals surface area contributed by atoms with Crippen molar-refractivity contribution in [1.82, 2.24) is 20.5 Å². The highest BCUT2D eigenvalue weighted by molar-refractivity contribution is 7.15. The molecule has 39 heavy (non-hydrogen) atoms. The largest absolute Gasteiger partial charge is 0.418 e. The molecule has 1 fully saturated rings. The monoisotopic (exact) mass is 583 g/mol. The average Bonchev–Trinajstić information content (AvgIpc) is 3.41. The number of allylic oxidation sites excluding steroid dienone is 1. The summed E-state index contributed by atoms with van der Waals surface area (Å²) in [5, 5.41) is 13.8. The minimum absolute atomic E-state index is 0.0893. The summed E-state index contributed by atoms with van der Waals surface area (Å²) < 4.78 is 81.8. The van der Waals surface area contributed by atoms with E-state index >= 15 is 0 Å². The molecule has 0 bridgehead atoms. The maximum absolute atomic E-state index is 14.3. The van der Waals surface area contributed by atoms with Gasteiger partial charge in [0.05, 0.1) is 22.9 Å². The molecule has 15 heteroatoms. The van der Waals surface area contributed by atoms with Crippen LogP contribution in [0.25, 0.3) is 5.57 Å². The summed E-state index contributed by atoms with van der Waals surface area (Å²) in [4.78, 5) is 35.7. The van der Waals surface area contributed by atoms with Crippen LogP contribution in [-0.2, 0) is 0 Å². The van der Waals surface area contributed by atoms with Crippen molar-refractivity contribution in [1.29, 1.82) is 0 Å². The number of alkyl halides is 6. The standard InChI is InChI=1S/C24H31F6N5O3S/c1-12-7-6-8-35(12)20(37)16-17(39-19(33-16)18(36)32-11-22(5,38)24(28,29)30)13-10-31-15(34-21(2,3)4)9-14(13)23(25,26)27/h10,12,14,38H,6-9,11H2,1-5H3,(H,31,34)(H,32,36)/t12-,14?,22?/m0/s1. The van der Waals surface area contributed by atoms with E-state index in [-0.39, 0.29) is 28.0 Å². The number of amidine groups is 1. The quantitative estimate of drug-likeness (QED) is 0.442. The molecule has 2 aliphatic heterocycles. The number of aromatic nitrogens is 1. The second-order valence-corrected chi connectivity index (χ2v) is 11.9. The van der Waals surface area contributed by atoms with E-state index in [1.807, 2.05) is 5.32 Å². The molecular formula is C24H31F6N5O3S. The molecule has 3 rings (SSSR count). The number of aliphatic hydroxyl groups is 1. The zero-order valence-electron chi connectivity index (χ0n) is 22.0. The van der Waals surface area contributed by atoms with Crippen molar-refractivity contribution in [3.05, 3.63) is 21.8 Å². The third-order valence-corrected chi connectivity index (χ3v) is 7.44. The first-order valence-electron chi connectivity index (χ1n) is 12.2.